The Morgan fingerprint density at radius 2 is 1.11 bits per heavy atom. The van der Waals surface area contributed by atoms with Crippen LogP contribution in [0.3, 0.4) is 0 Å². The predicted molar refractivity (Wildman–Crippen MR) is 66.3 cm³/mol. The van der Waals surface area contributed by atoms with Crippen LogP contribution in [0.2, 0.25) is 0 Å². The molecule has 2 aliphatic heterocycles. The SMILES string of the molecule is N#CC(c1ccc(C(C#N)N2CC2)cc1)N1CC1. The Balaban J connectivity index is 1.80. The molecule has 0 aromatic heterocycles. The Hall–Kier alpha value is -1.88. The van der Waals surface area contributed by atoms with Crippen LogP contribution in [0.25, 0.3) is 0 Å². The van der Waals surface area contributed by atoms with Crippen molar-refractivity contribution in [3.05, 3.63) is 35.4 Å². The molecule has 2 fully saturated rings. The summed E-state index contributed by atoms with van der Waals surface area (Å²) in [5, 5.41) is 18.3. The van der Waals surface area contributed by atoms with Crippen LogP contribution >= 0.6 is 0 Å². The van der Waals surface area contributed by atoms with E-state index < -0.39 is 0 Å². The van der Waals surface area contributed by atoms with E-state index in [1.165, 1.54) is 0 Å². The van der Waals surface area contributed by atoms with Crippen molar-refractivity contribution in [3.63, 3.8) is 0 Å². The summed E-state index contributed by atoms with van der Waals surface area (Å²) in [4.78, 5) is 4.25. The molecule has 0 amide bonds. The first-order chi connectivity index (χ1) is 8.83. The molecule has 2 saturated heterocycles. The lowest BCUT2D eigenvalue weighted by Gasteiger charge is -2.13. The van der Waals surface area contributed by atoms with E-state index in [1.807, 2.05) is 24.3 Å². The average molecular weight is 238 g/mol. The summed E-state index contributed by atoms with van der Waals surface area (Å²) in [5.74, 6) is 0. The van der Waals surface area contributed by atoms with Gasteiger partial charge in [0, 0.05) is 26.2 Å². The molecule has 2 atom stereocenters. The van der Waals surface area contributed by atoms with Gasteiger partial charge >= 0.3 is 0 Å². The van der Waals surface area contributed by atoms with Gasteiger partial charge in [-0.2, -0.15) is 10.5 Å². The van der Waals surface area contributed by atoms with E-state index in [-0.39, 0.29) is 12.1 Å². The molecule has 0 aliphatic carbocycles. The summed E-state index contributed by atoms with van der Waals surface area (Å²) in [7, 11) is 0. The van der Waals surface area contributed by atoms with Gasteiger partial charge in [0.15, 0.2) is 0 Å². The second-order valence-electron chi connectivity index (χ2n) is 4.80. The van der Waals surface area contributed by atoms with Gasteiger partial charge in [-0.25, -0.2) is 0 Å². The second-order valence-corrected chi connectivity index (χ2v) is 4.80. The Bertz CT molecular complexity index is 465. The Morgan fingerprint density at radius 1 is 0.778 bits per heavy atom. The van der Waals surface area contributed by atoms with Crippen LogP contribution in [0, 0.1) is 22.7 Å². The maximum Gasteiger partial charge on any atom is 0.123 e. The summed E-state index contributed by atoms with van der Waals surface area (Å²) in [6.45, 7) is 4.03. The molecule has 0 saturated carbocycles. The fourth-order valence-corrected chi connectivity index (χ4v) is 2.23. The van der Waals surface area contributed by atoms with E-state index in [0.29, 0.717) is 0 Å². The fourth-order valence-electron chi connectivity index (χ4n) is 2.23. The monoisotopic (exact) mass is 238 g/mol. The zero-order chi connectivity index (χ0) is 12.5. The highest BCUT2D eigenvalue weighted by Crippen LogP contribution is 2.29. The third-order valence-corrected chi connectivity index (χ3v) is 3.51. The van der Waals surface area contributed by atoms with Crippen molar-refractivity contribution in [2.24, 2.45) is 0 Å². The minimum absolute atomic E-state index is 0.124. The third-order valence-electron chi connectivity index (χ3n) is 3.51. The quantitative estimate of drug-likeness (QED) is 0.745. The molecule has 1 aromatic carbocycles. The van der Waals surface area contributed by atoms with Crippen LogP contribution in [0.1, 0.15) is 23.2 Å². The van der Waals surface area contributed by atoms with Crippen molar-refractivity contribution in [3.8, 4) is 12.1 Å². The summed E-state index contributed by atoms with van der Waals surface area (Å²) in [6, 6.07) is 12.3. The first-order valence-electron chi connectivity index (χ1n) is 6.20. The summed E-state index contributed by atoms with van der Waals surface area (Å²) < 4.78 is 0. The standard InChI is InChI=1S/C14H14N4/c15-9-13(17-5-6-17)11-1-2-12(4-3-11)14(10-16)18-7-8-18/h1-4,13-14H,5-8H2. The Labute approximate surface area is 107 Å². The lowest BCUT2D eigenvalue weighted by atomic mass is 10.0. The van der Waals surface area contributed by atoms with Crippen molar-refractivity contribution < 1.29 is 0 Å². The molecular weight excluding hydrogens is 224 g/mol. The molecule has 90 valence electrons. The van der Waals surface area contributed by atoms with Crippen LogP contribution < -0.4 is 0 Å². The van der Waals surface area contributed by atoms with Crippen LogP contribution in [0.15, 0.2) is 24.3 Å². The first-order valence-corrected chi connectivity index (χ1v) is 6.20. The van der Waals surface area contributed by atoms with E-state index in [0.717, 1.165) is 37.3 Å². The highest BCUT2D eigenvalue weighted by molar-refractivity contribution is 5.33. The van der Waals surface area contributed by atoms with Gasteiger partial charge in [-0.15, -0.1) is 0 Å². The summed E-state index contributed by atoms with van der Waals surface area (Å²) in [6.07, 6.45) is 0. The highest BCUT2D eigenvalue weighted by atomic mass is 15.3. The van der Waals surface area contributed by atoms with Gasteiger partial charge in [-0.1, -0.05) is 24.3 Å². The maximum absolute atomic E-state index is 9.16. The van der Waals surface area contributed by atoms with E-state index >= 15 is 0 Å². The summed E-state index contributed by atoms with van der Waals surface area (Å²) in [5.41, 5.74) is 2.06. The molecule has 2 unspecified atom stereocenters. The van der Waals surface area contributed by atoms with Crippen LogP contribution in [0.5, 0.6) is 0 Å². The van der Waals surface area contributed by atoms with Crippen molar-refractivity contribution in [1.82, 2.24) is 9.80 Å². The Kier molecular flexibility index (Phi) is 2.76. The molecule has 1 aromatic rings. The fraction of sp³-hybridized carbons (Fsp3) is 0.429. The van der Waals surface area contributed by atoms with Crippen LogP contribution in [-0.4, -0.2) is 36.0 Å². The zero-order valence-corrected chi connectivity index (χ0v) is 10.1. The molecule has 2 aliphatic rings. The first kappa shape index (κ1) is 11.2. The molecule has 2 heterocycles. The van der Waals surface area contributed by atoms with E-state index in [9.17, 15) is 0 Å². The summed E-state index contributed by atoms with van der Waals surface area (Å²) >= 11 is 0. The van der Waals surface area contributed by atoms with Gasteiger partial charge in [0.05, 0.1) is 12.1 Å². The van der Waals surface area contributed by atoms with Gasteiger partial charge in [0.2, 0.25) is 0 Å². The molecule has 0 radical (unpaired) electrons. The highest BCUT2D eigenvalue weighted by Gasteiger charge is 2.30. The molecule has 0 bridgehead atoms. The topological polar surface area (TPSA) is 53.6 Å². The normalized spacial score (nSPS) is 21.7. The van der Waals surface area contributed by atoms with Gasteiger partial charge in [0.25, 0.3) is 0 Å². The van der Waals surface area contributed by atoms with Crippen molar-refractivity contribution >= 4 is 0 Å². The third kappa shape index (κ3) is 2.09. The molecule has 4 nitrogen and oxygen atoms in total. The van der Waals surface area contributed by atoms with Crippen LogP contribution in [-0.2, 0) is 0 Å². The number of hydrogen-bond acceptors (Lipinski definition) is 4. The van der Waals surface area contributed by atoms with Gasteiger partial charge in [0.1, 0.15) is 12.1 Å². The number of nitrogens with zero attached hydrogens (tertiary/aromatic N) is 4. The number of nitriles is 2. The number of benzene rings is 1. The lowest BCUT2D eigenvalue weighted by molar-refractivity contribution is 0.488. The molecule has 4 heteroatoms. The zero-order valence-electron chi connectivity index (χ0n) is 10.1. The second kappa shape index (κ2) is 4.42. The molecule has 18 heavy (non-hydrogen) atoms. The molecular formula is C14H14N4. The smallest absolute Gasteiger partial charge is 0.123 e. The Morgan fingerprint density at radius 3 is 1.33 bits per heavy atom. The largest absolute Gasteiger partial charge is 0.282 e. The lowest BCUT2D eigenvalue weighted by Crippen LogP contribution is -2.09. The molecule has 3 rings (SSSR count). The van der Waals surface area contributed by atoms with Crippen molar-refractivity contribution in [2.75, 3.05) is 26.2 Å². The molecule has 0 spiro atoms. The van der Waals surface area contributed by atoms with Gasteiger partial charge in [-0.05, 0) is 11.1 Å². The van der Waals surface area contributed by atoms with Crippen molar-refractivity contribution in [1.29, 1.82) is 10.5 Å². The van der Waals surface area contributed by atoms with E-state index in [2.05, 4.69) is 21.9 Å². The minimum Gasteiger partial charge on any atom is -0.282 e. The van der Waals surface area contributed by atoms with Gasteiger partial charge in [-0.3, -0.25) is 9.80 Å². The van der Waals surface area contributed by atoms with E-state index in [1.54, 1.807) is 0 Å². The van der Waals surface area contributed by atoms with Gasteiger partial charge < -0.3 is 0 Å². The van der Waals surface area contributed by atoms with E-state index in [4.69, 9.17) is 10.5 Å². The number of hydrogen-bond donors (Lipinski definition) is 0. The maximum atomic E-state index is 9.16. The number of rotatable bonds is 4. The predicted octanol–water partition coefficient (Wildman–Crippen LogP) is 1.45. The average Bonchev–Trinajstić information content (AvgIpc) is 3.26. The molecule has 0 N–H and O–H groups in total. The van der Waals surface area contributed by atoms with Crippen LogP contribution in [0.4, 0.5) is 0 Å². The minimum atomic E-state index is -0.124. The van der Waals surface area contributed by atoms with Crippen molar-refractivity contribution in [2.45, 2.75) is 12.1 Å².